The Morgan fingerprint density at radius 2 is 2.24 bits per heavy atom. The molecule has 6 nitrogen and oxygen atoms in total. The Labute approximate surface area is 129 Å². The van der Waals surface area contributed by atoms with Crippen molar-refractivity contribution in [1.29, 1.82) is 0 Å². The van der Waals surface area contributed by atoms with Gasteiger partial charge >= 0.3 is 0 Å². The first kappa shape index (κ1) is 14.2. The van der Waals surface area contributed by atoms with Crippen LogP contribution in [0.5, 0.6) is 0 Å². The molecule has 1 atom stereocenters. The highest BCUT2D eigenvalue weighted by molar-refractivity contribution is 7.13. The van der Waals surface area contributed by atoms with E-state index < -0.39 is 0 Å². The fourth-order valence-electron chi connectivity index (χ4n) is 2.40. The molecule has 3 heterocycles. The minimum atomic E-state index is -0.142. The zero-order chi connectivity index (χ0) is 14.8. The molecule has 2 amide bonds. The van der Waals surface area contributed by atoms with Gasteiger partial charge in [0.2, 0.25) is 0 Å². The normalized spacial score (nSPS) is 18.0. The molecular weight excluding hydrogens is 308 g/mol. The SMILES string of the molecule is CNC(=O)c1cnc([C@@H]2CCCN2C(=O)c2cncs2)s1. The van der Waals surface area contributed by atoms with Gasteiger partial charge in [-0.15, -0.1) is 22.7 Å². The van der Waals surface area contributed by atoms with Gasteiger partial charge in [-0.25, -0.2) is 4.98 Å². The number of rotatable bonds is 3. The zero-order valence-electron chi connectivity index (χ0n) is 11.4. The molecule has 3 rings (SSSR count). The van der Waals surface area contributed by atoms with Crippen molar-refractivity contribution in [3.8, 4) is 0 Å². The number of hydrogen-bond donors (Lipinski definition) is 1. The van der Waals surface area contributed by atoms with Crippen LogP contribution in [0, 0.1) is 0 Å². The van der Waals surface area contributed by atoms with E-state index in [1.54, 1.807) is 25.0 Å². The lowest BCUT2D eigenvalue weighted by Gasteiger charge is -2.22. The monoisotopic (exact) mass is 322 g/mol. The number of hydrogen-bond acceptors (Lipinski definition) is 6. The smallest absolute Gasteiger partial charge is 0.266 e. The molecule has 1 aliphatic rings. The van der Waals surface area contributed by atoms with Crippen LogP contribution in [0.3, 0.4) is 0 Å². The van der Waals surface area contributed by atoms with Gasteiger partial charge in [0, 0.05) is 13.6 Å². The van der Waals surface area contributed by atoms with Gasteiger partial charge < -0.3 is 10.2 Å². The first-order valence-corrected chi connectivity index (χ1v) is 8.27. The van der Waals surface area contributed by atoms with Crippen molar-refractivity contribution in [2.75, 3.05) is 13.6 Å². The summed E-state index contributed by atoms with van der Waals surface area (Å²) in [5.74, 6) is -0.145. The van der Waals surface area contributed by atoms with Gasteiger partial charge in [0.1, 0.15) is 14.8 Å². The number of carbonyl (C=O) groups excluding carboxylic acids is 2. The first-order valence-electron chi connectivity index (χ1n) is 6.58. The molecule has 2 aromatic rings. The fourth-order valence-corrected chi connectivity index (χ4v) is 3.99. The van der Waals surface area contributed by atoms with E-state index in [2.05, 4.69) is 15.3 Å². The summed E-state index contributed by atoms with van der Waals surface area (Å²) in [5, 5.41) is 3.41. The van der Waals surface area contributed by atoms with Crippen molar-refractivity contribution < 1.29 is 9.59 Å². The molecule has 0 bridgehead atoms. The predicted molar refractivity (Wildman–Crippen MR) is 80.6 cm³/mol. The van der Waals surface area contributed by atoms with Gasteiger partial charge in [0.05, 0.1) is 23.9 Å². The third-order valence-electron chi connectivity index (χ3n) is 3.42. The lowest BCUT2D eigenvalue weighted by molar-refractivity contribution is 0.0740. The summed E-state index contributed by atoms with van der Waals surface area (Å²) in [6.07, 6.45) is 5.00. The lowest BCUT2D eigenvalue weighted by atomic mass is 10.2. The Morgan fingerprint density at radius 1 is 1.38 bits per heavy atom. The predicted octanol–water partition coefficient (Wildman–Crippen LogP) is 1.94. The second kappa shape index (κ2) is 5.90. The van der Waals surface area contributed by atoms with Gasteiger partial charge in [-0.05, 0) is 12.8 Å². The molecule has 8 heteroatoms. The number of likely N-dealkylation sites (tertiary alicyclic amines) is 1. The molecule has 0 aliphatic carbocycles. The molecule has 1 fully saturated rings. The minimum absolute atomic E-state index is 0.00306. The van der Waals surface area contributed by atoms with Crippen LogP contribution in [0.1, 0.15) is 43.2 Å². The van der Waals surface area contributed by atoms with E-state index in [4.69, 9.17) is 0 Å². The summed E-state index contributed by atoms with van der Waals surface area (Å²) in [6.45, 7) is 0.719. The highest BCUT2D eigenvalue weighted by Gasteiger charge is 2.33. The molecule has 0 spiro atoms. The molecule has 1 saturated heterocycles. The Hall–Kier alpha value is -1.80. The lowest BCUT2D eigenvalue weighted by Crippen LogP contribution is -2.29. The molecule has 0 aromatic carbocycles. The van der Waals surface area contributed by atoms with Crippen LogP contribution in [0.4, 0.5) is 0 Å². The third kappa shape index (κ3) is 2.68. The van der Waals surface area contributed by atoms with E-state index in [-0.39, 0.29) is 17.9 Å². The summed E-state index contributed by atoms with van der Waals surface area (Å²) in [4.78, 5) is 35.4. The maximum Gasteiger partial charge on any atom is 0.266 e. The molecular formula is C13H14N4O2S2. The van der Waals surface area contributed by atoms with Crippen LogP contribution >= 0.6 is 22.7 Å². The van der Waals surface area contributed by atoms with Crippen molar-refractivity contribution in [1.82, 2.24) is 20.2 Å². The standard InChI is InChI=1S/C13H14N4O2S2/c1-14-11(18)9-6-16-12(21-9)8-3-2-4-17(8)13(19)10-5-15-7-20-10/h5-8H,2-4H2,1H3,(H,14,18)/t8-/m0/s1. The van der Waals surface area contributed by atoms with E-state index in [1.807, 2.05) is 4.90 Å². The van der Waals surface area contributed by atoms with Gasteiger partial charge in [0.15, 0.2) is 0 Å². The molecule has 2 aromatic heterocycles. The number of thiazole rings is 2. The van der Waals surface area contributed by atoms with E-state index in [0.29, 0.717) is 9.75 Å². The molecule has 0 radical (unpaired) electrons. The average molecular weight is 322 g/mol. The maximum absolute atomic E-state index is 12.5. The Morgan fingerprint density at radius 3 is 2.95 bits per heavy atom. The summed E-state index contributed by atoms with van der Waals surface area (Å²) in [6, 6.07) is -0.0389. The number of nitrogens with one attached hydrogen (secondary N) is 1. The first-order chi connectivity index (χ1) is 10.2. The molecule has 0 unspecified atom stereocenters. The molecule has 1 N–H and O–H groups in total. The van der Waals surface area contributed by atoms with Crippen molar-refractivity contribution >= 4 is 34.5 Å². The van der Waals surface area contributed by atoms with E-state index in [0.717, 1.165) is 24.4 Å². The number of carbonyl (C=O) groups is 2. The number of aromatic nitrogens is 2. The van der Waals surface area contributed by atoms with Gasteiger partial charge in [-0.3, -0.25) is 14.6 Å². The van der Waals surface area contributed by atoms with Gasteiger partial charge in [0.25, 0.3) is 11.8 Å². The van der Waals surface area contributed by atoms with Crippen molar-refractivity contribution in [2.45, 2.75) is 18.9 Å². The quantitative estimate of drug-likeness (QED) is 0.937. The van der Waals surface area contributed by atoms with Gasteiger partial charge in [-0.1, -0.05) is 0 Å². The van der Waals surface area contributed by atoms with Crippen LogP contribution in [0.15, 0.2) is 17.9 Å². The third-order valence-corrected chi connectivity index (χ3v) is 5.27. The van der Waals surface area contributed by atoms with Crippen molar-refractivity contribution in [2.24, 2.45) is 0 Å². The summed E-state index contributed by atoms with van der Waals surface area (Å²) < 4.78 is 0. The molecule has 0 saturated carbocycles. The van der Waals surface area contributed by atoms with E-state index in [9.17, 15) is 9.59 Å². The highest BCUT2D eigenvalue weighted by Crippen LogP contribution is 2.35. The molecule has 1 aliphatic heterocycles. The Kier molecular flexibility index (Phi) is 3.98. The Bertz CT molecular complexity index is 653. The highest BCUT2D eigenvalue weighted by atomic mass is 32.1. The topological polar surface area (TPSA) is 75.2 Å². The van der Waals surface area contributed by atoms with Crippen LogP contribution in [-0.4, -0.2) is 40.3 Å². The number of nitrogens with zero attached hydrogens (tertiary/aromatic N) is 3. The van der Waals surface area contributed by atoms with Crippen LogP contribution in [0.25, 0.3) is 0 Å². The summed E-state index contributed by atoms with van der Waals surface area (Å²) in [5.41, 5.74) is 1.66. The van der Waals surface area contributed by atoms with Crippen molar-refractivity contribution in [3.05, 3.63) is 32.7 Å². The van der Waals surface area contributed by atoms with E-state index in [1.165, 1.54) is 22.7 Å². The van der Waals surface area contributed by atoms with Gasteiger partial charge in [-0.2, -0.15) is 0 Å². The second-order valence-electron chi connectivity index (χ2n) is 4.66. The maximum atomic E-state index is 12.5. The fraction of sp³-hybridized carbons (Fsp3) is 0.385. The largest absolute Gasteiger partial charge is 0.354 e. The average Bonchev–Trinajstić information content (AvgIpc) is 3.25. The summed E-state index contributed by atoms with van der Waals surface area (Å²) in [7, 11) is 1.59. The Balaban J connectivity index is 1.82. The molecule has 110 valence electrons. The minimum Gasteiger partial charge on any atom is -0.354 e. The van der Waals surface area contributed by atoms with Crippen LogP contribution in [-0.2, 0) is 0 Å². The van der Waals surface area contributed by atoms with Crippen LogP contribution in [0.2, 0.25) is 0 Å². The van der Waals surface area contributed by atoms with Crippen LogP contribution < -0.4 is 5.32 Å². The summed E-state index contributed by atoms with van der Waals surface area (Å²) >= 11 is 2.70. The zero-order valence-corrected chi connectivity index (χ0v) is 13.0. The van der Waals surface area contributed by atoms with E-state index >= 15 is 0 Å². The second-order valence-corrected chi connectivity index (χ2v) is 6.61. The molecule has 21 heavy (non-hydrogen) atoms. The van der Waals surface area contributed by atoms with Crippen molar-refractivity contribution in [3.63, 3.8) is 0 Å². The number of amides is 2.